The Bertz CT molecular complexity index is 772. The second kappa shape index (κ2) is 7.37. The van der Waals surface area contributed by atoms with Crippen LogP contribution >= 0.6 is 0 Å². The van der Waals surface area contributed by atoms with Gasteiger partial charge in [0, 0.05) is 0 Å². The Morgan fingerprint density at radius 2 is 1.91 bits per heavy atom. The second-order valence-corrected chi connectivity index (χ2v) is 6.93. The van der Waals surface area contributed by atoms with E-state index in [0.717, 1.165) is 18.4 Å². The van der Waals surface area contributed by atoms with E-state index >= 15 is 0 Å². The van der Waals surface area contributed by atoms with Crippen LogP contribution < -0.4 is 9.46 Å². The molecule has 2 aromatic carbocycles. The third kappa shape index (κ3) is 4.39. The highest BCUT2D eigenvalue weighted by Gasteiger charge is 2.21. The van der Waals surface area contributed by atoms with E-state index in [1.54, 1.807) is 30.3 Å². The van der Waals surface area contributed by atoms with E-state index in [1.165, 1.54) is 12.1 Å². The van der Waals surface area contributed by atoms with Crippen LogP contribution in [0.25, 0.3) is 0 Å². The first-order valence-electron chi connectivity index (χ1n) is 7.48. The number of phenolic OH excluding ortho intramolecular Hbond substituents is 1. The van der Waals surface area contributed by atoms with E-state index < -0.39 is 10.0 Å². The van der Waals surface area contributed by atoms with Gasteiger partial charge in [0.1, 0.15) is 16.4 Å². The summed E-state index contributed by atoms with van der Waals surface area (Å²) in [5, 5.41) is 9.76. The molecule has 5 nitrogen and oxygen atoms in total. The summed E-state index contributed by atoms with van der Waals surface area (Å²) in [7, 11) is -3.86. The van der Waals surface area contributed by atoms with Crippen LogP contribution in [-0.4, -0.2) is 20.1 Å². The van der Waals surface area contributed by atoms with Gasteiger partial charge in [0.25, 0.3) is 10.0 Å². The Balaban J connectivity index is 2.34. The van der Waals surface area contributed by atoms with Crippen LogP contribution in [0.4, 0.5) is 5.69 Å². The Morgan fingerprint density at radius 1 is 1.17 bits per heavy atom. The van der Waals surface area contributed by atoms with Crippen molar-refractivity contribution in [2.45, 2.75) is 31.6 Å². The topological polar surface area (TPSA) is 75.6 Å². The van der Waals surface area contributed by atoms with Crippen LogP contribution in [0.5, 0.6) is 11.5 Å². The smallest absolute Gasteiger partial charge is 0.265 e. The molecule has 0 aromatic heterocycles. The highest BCUT2D eigenvalue weighted by atomic mass is 32.2. The third-order valence-corrected chi connectivity index (χ3v) is 4.68. The molecule has 0 saturated carbocycles. The van der Waals surface area contributed by atoms with Gasteiger partial charge in [-0.1, -0.05) is 31.5 Å². The van der Waals surface area contributed by atoms with E-state index in [2.05, 4.69) is 4.72 Å². The van der Waals surface area contributed by atoms with Gasteiger partial charge >= 0.3 is 0 Å². The van der Waals surface area contributed by atoms with Gasteiger partial charge in [-0.15, -0.1) is 0 Å². The predicted octanol–water partition coefficient (Wildman–Crippen LogP) is 3.68. The summed E-state index contributed by atoms with van der Waals surface area (Å²) < 4.78 is 33.3. The first-order chi connectivity index (χ1) is 10.9. The van der Waals surface area contributed by atoms with Crippen LogP contribution in [0.3, 0.4) is 0 Å². The lowest BCUT2D eigenvalue weighted by Gasteiger charge is -2.14. The fourth-order valence-electron chi connectivity index (χ4n) is 2.03. The number of sulfonamides is 1. The average Bonchev–Trinajstić information content (AvgIpc) is 2.51. The van der Waals surface area contributed by atoms with Gasteiger partial charge in [0.15, 0.2) is 0 Å². The number of unbranched alkanes of at least 4 members (excludes halogenated alkanes) is 1. The number of ether oxygens (including phenoxy) is 1. The molecule has 124 valence electrons. The maximum atomic E-state index is 12.7. The molecule has 0 radical (unpaired) electrons. The zero-order valence-corrected chi connectivity index (χ0v) is 14.1. The monoisotopic (exact) mass is 335 g/mol. The molecule has 0 aliphatic rings. The first kappa shape index (κ1) is 17.1. The molecule has 0 aliphatic carbocycles. The standard InChI is InChI=1S/C17H21NO4S/c1-3-4-11-22-16-10-9-13(2)12-17(16)23(20,21)18-14-7-5-6-8-15(14)19/h5-10,12,18-19H,3-4,11H2,1-2H3. The fraction of sp³-hybridized carbons (Fsp3) is 0.294. The largest absolute Gasteiger partial charge is 0.506 e. The molecule has 2 N–H and O–H groups in total. The molecule has 2 aromatic rings. The van der Waals surface area contributed by atoms with E-state index in [-0.39, 0.29) is 16.3 Å². The minimum Gasteiger partial charge on any atom is -0.506 e. The normalized spacial score (nSPS) is 11.2. The Hall–Kier alpha value is -2.21. The number of phenols is 1. The van der Waals surface area contributed by atoms with Gasteiger partial charge in [-0.25, -0.2) is 8.42 Å². The van der Waals surface area contributed by atoms with E-state index in [9.17, 15) is 13.5 Å². The Labute approximate surface area is 137 Å². The molecule has 0 fully saturated rings. The van der Waals surface area contributed by atoms with Crippen molar-refractivity contribution in [2.24, 2.45) is 0 Å². The molecule has 0 heterocycles. The number of anilines is 1. The van der Waals surface area contributed by atoms with Crippen molar-refractivity contribution >= 4 is 15.7 Å². The zero-order valence-electron chi connectivity index (χ0n) is 13.2. The van der Waals surface area contributed by atoms with Crippen molar-refractivity contribution in [1.82, 2.24) is 0 Å². The average molecular weight is 335 g/mol. The summed E-state index contributed by atoms with van der Waals surface area (Å²) in [5.41, 5.74) is 0.944. The van der Waals surface area contributed by atoms with Crippen molar-refractivity contribution in [3.8, 4) is 11.5 Å². The van der Waals surface area contributed by atoms with Gasteiger partial charge in [0.2, 0.25) is 0 Å². The molecule has 23 heavy (non-hydrogen) atoms. The van der Waals surface area contributed by atoms with Crippen molar-refractivity contribution in [3.63, 3.8) is 0 Å². The first-order valence-corrected chi connectivity index (χ1v) is 8.96. The van der Waals surface area contributed by atoms with Gasteiger partial charge in [-0.05, 0) is 43.2 Å². The lowest BCUT2D eigenvalue weighted by molar-refractivity contribution is 0.301. The SMILES string of the molecule is CCCCOc1ccc(C)cc1S(=O)(=O)Nc1ccccc1O. The maximum absolute atomic E-state index is 12.7. The van der Waals surface area contributed by atoms with Crippen molar-refractivity contribution in [2.75, 3.05) is 11.3 Å². The van der Waals surface area contributed by atoms with Crippen LogP contribution in [0.2, 0.25) is 0 Å². The Morgan fingerprint density at radius 3 is 2.61 bits per heavy atom. The fourth-order valence-corrected chi connectivity index (χ4v) is 3.34. The van der Waals surface area contributed by atoms with Crippen molar-refractivity contribution in [1.29, 1.82) is 0 Å². The molecular weight excluding hydrogens is 314 g/mol. The quantitative estimate of drug-likeness (QED) is 0.598. The van der Waals surface area contributed by atoms with Crippen LogP contribution in [0, 0.1) is 6.92 Å². The number of benzene rings is 2. The van der Waals surface area contributed by atoms with Crippen molar-refractivity contribution < 1.29 is 18.3 Å². The molecule has 0 spiro atoms. The van der Waals surface area contributed by atoms with Gasteiger partial charge in [-0.3, -0.25) is 4.72 Å². The molecule has 0 atom stereocenters. The number of rotatable bonds is 7. The van der Waals surface area contributed by atoms with Crippen LogP contribution in [-0.2, 0) is 10.0 Å². The van der Waals surface area contributed by atoms with Crippen molar-refractivity contribution in [3.05, 3.63) is 48.0 Å². The molecule has 0 unspecified atom stereocenters. The Kier molecular flexibility index (Phi) is 5.50. The molecule has 2 rings (SSSR count). The lowest BCUT2D eigenvalue weighted by atomic mass is 10.2. The van der Waals surface area contributed by atoms with Crippen LogP contribution in [0.1, 0.15) is 25.3 Å². The number of para-hydroxylation sites is 2. The highest BCUT2D eigenvalue weighted by Crippen LogP contribution is 2.30. The molecule has 0 amide bonds. The summed E-state index contributed by atoms with van der Waals surface area (Å²) >= 11 is 0. The van der Waals surface area contributed by atoms with Gasteiger partial charge in [0.05, 0.1) is 12.3 Å². The number of aromatic hydroxyl groups is 1. The molecule has 6 heteroatoms. The second-order valence-electron chi connectivity index (χ2n) is 5.27. The summed E-state index contributed by atoms with van der Waals surface area (Å²) in [6, 6.07) is 11.2. The number of nitrogens with one attached hydrogen (secondary N) is 1. The molecular formula is C17H21NO4S. The minimum atomic E-state index is -3.86. The van der Waals surface area contributed by atoms with Gasteiger partial charge < -0.3 is 9.84 Å². The van der Waals surface area contributed by atoms with Gasteiger partial charge in [-0.2, -0.15) is 0 Å². The lowest BCUT2D eigenvalue weighted by Crippen LogP contribution is -2.15. The summed E-state index contributed by atoms with van der Waals surface area (Å²) in [6.07, 6.45) is 1.81. The number of hydrogen-bond donors (Lipinski definition) is 2. The summed E-state index contributed by atoms with van der Waals surface area (Å²) in [4.78, 5) is 0.0665. The molecule has 0 bridgehead atoms. The molecule has 0 saturated heterocycles. The number of aryl methyl sites for hydroxylation is 1. The van der Waals surface area contributed by atoms with E-state index in [4.69, 9.17) is 4.74 Å². The van der Waals surface area contributed by atoms with Crippen LogP contribution in [0.15, 0.2) is 47.4 Å². The summed E-state index contributed by atoms with van der Waals surface area (Å²) in [6.45, 7) is 4.31. The minimum absolute atomic E-state index is 0.0665. The predicted molar refractivity (Wildman–Crippen MR) is 90.5 cm³/mol. The third-order valence-electron chi connectivity index (χ3n) is 3.29. The zero-order chi connectivity index (χ0) is 16.9. The highest BCUT2D eigenvalue weighted by molar-refractivity contribution is 7.92. The van der Waals surface area contributed by atoms with E-state index in [1.807, 2.05) is 13.8 Å². The maximum Gasteiger partial charge on any atom is 0.265 e. The van der Waals surface area contributed by atoms with E-state index in [0.29, 0.717) is 12.4 Å². The molecule has 0 aliphatic heterocycles. The number of hydrogen-bond acceptors (Lipinski definition) is 4. The summed E-state index contributed by atoms with van der Waals surface area (Å²) in [5.74, 6) is 0.184.